The van der Waals surface area contributed by atoms with E-state index in [9.17, 15) is 9.59 Å². The van der Waals surface area contributed by atoms with Crippen molar-refractivity contribution in [3.63, 3.8) is 0 Å². The molecule has 152 valence electrons. The normalized spacial score (nSPS) is 10.6. The van der Waals surface area contributed by atoms with Crippen molar-refractivity contribution < 1.29 is 14.3 Å². The van der Waals surface area contributed by atoms with Crippen LogP contribution in [0.25, 0.3) is 0 Å². The first-order valence-corrected chi connectivity index (χ1v) is 9.56. The van der Waals surface area contributed by atoms with E-state index in [-0.39, 0.29) is 18.4 Å². The molecule has 0 spiro atoms. The quantitative estimate of drug-likeness (QED) is 0.437. The molecule has 0 aliphatic rings. The topological polar surface area (TPSA) is 79.8 Å². The summed E-state index contributed by atoms with van der Waals surface area (Å²) in [6.45, 7) is 1.81. The maximum atomic E-state index is 12.0. The predicted molar refractivity (Wildman–Crippen MR) is 118 cm³/mol. The number of aryl methyl sites for hydroxylation is 1. The van der Waals surface area contributed by atoms with Gasteiger partial charge in [0.05, 0.1) is 16.9 Å². The van der Waals surface area contributed by atoms with Crippen molar-refractivity contribution >= 4 is 35.3 Å². The highest BCUT2D eigenvalue weighted by molar-refractivity contribution is 6.33. The summed E-state index contributed by atoms with van der Waals surface area (Å²) in [5.74, 6) is -0.0616. The fraction of sp³-hybridized carbons (Fsp3) is 0.0870. The molecule has 0 bridgehead atoms. The van der Waals surface area contributed by atoms with E-state index in [1.54, 1.807) is 60.7 Å². The van der Waals surface area contributed by atoms with Gasteiger partial charge in [-0.05, 0) is 61.0 Å². The molecule has 0 radical (unpaired) electrons. The number of carbonyl (C=O) groups excluding carboxylic acids is 2. The van der Waals surface area contributed by atoms with Crippen molar-refractivity contribution in [1.82, 2.24) is 5.43 Å². The number of carbonyl (C=O) groups is 2. The Morgan fingerprint density at radius 1 is 1.00 bits per heavy atom. The molecule has 0 aliphatic heterocycles. The summed E-state index contributed by atoms with van der Waals surface area (Å²) >= 11 is 6.01. The van der Waals surface area contributed by atoms with Gasteiger partial charge in [-0.1, -0.05) is 41.4 Å². The molecule has 2 amide bonds. The smallest absolute Gasteiger partial charge is 0.271 e. The van der Waals surface area contributed by atoms with Gasteiger partial charge in [-0.2, -0.15) is 5.10 Å². The number of rotatable bonds is 7. The lowest BCUT2D eigenvalue weighted by Crippen LogP contribution is -2.20. The number of amides is 2. The van der Waals surface area contributed by atoms with E-state index in [4.69, 9.17) is 16.3 Å². The molecule has 0 heterocycles. The first kappa shape index (κ1) is 21.1. The van der Waals surface area contributed by atoms with Crippen molar-refractivity contribution in [3.8, 4) is 5.75 Å². The first-order valence-electron chi connectivity index (χ1n) is 9.18. The maximum absolute atomic E-state index is 12.0. The maximum Gasteiger partial charge on any atom is 0.271 e. The van der Waals surface area contributed by atoms with Gasteiger partial charge >= 0.3 is 0 Å². The summed E-state index contributed by atoms with van der Waals surface area (Å²) in [6.07, 6.45) is 1.53. The third-order valence-corrected chi connectivity index (χ3v) is 4.42. The Hall–Kier alpha value is -3.64. The Labute approximate surface area is 179 Å². The Kier molecular flexibility index (Phi) is 7.19. The van der Waals surface area contributed by atoms with Gasteiger partial charge in [0.1, 0.15) is 5.75 Å². The predicted octanol–water partition coefficient (Wildman–Crippen LogP) is 4.43. The molecule has 3 rings (SSSR count). The van der Waals surface area contributed by atoms with E-state index in [0.29, 0.717) is 22.0 Å². The molecule has 0 aromatic heterocycles. The van der Waals surface area contributed by atoms with Crippen LogP contribution in [0.2, 0.25) is 5.02 Å². The highest BCUT2D eigenvalue weighted by Crippen LogP contribution is 2.20. The fourth-order valence-electron chi connectivity index (χ4n) is 2.48. The molecular formula is C23H20ClN3O3. The Morgan fingerprint density at radius 2 is 1.70 bits per heavy atom. The lowest BCUT2D eigenvalue weighted by molar-refractivity contribution is -0.118. The molecule has 0 atom stereocenters. The van der Waals surface area contributed by atoms with Gasteiger partial charge in [0.2, 0.25) is 0 Å². The third kappa shape index (κ3) is 6.18. The molecule has 2 N–H and O–H groups in total. The number of anilines is 1. The average Bonchev–Trinajstić information content (AvgIpc) is 2.75. The molecule has 0 aliphatic carbocycles. The van der Waals surface area contributed by atoms with Gasteiger partial charge in [-0.3, -0.25) is 9.59 Å². The standard InChI is InChI=1S/C23H20ClN3O3/c1-16-6-10-18(11-7-16)23(29)27-25-14-17-8-12-19(13-9-17)30-15-22(28)26-21-5-3-2-4-20(21)24/h2-14H,15H2,1H3,(H,26,28)(H,27,29)/b25-14+. The molecule has 7 heteroatoms. The molecule has 3 aromatic rings. The summed E-state index contributed by atoms with van der Waals surface area (Å²) in [5.41, 5.74) is 5.41. The largest absolute Gasteiger partial charge is 0.484 e. The third-order valence-electron chi connectivity index (χ3n) is 4.09. The Morgan fingerprint density at radius 3 is 2.40 bits per heavy atom. The van der Waals surface area contributed by atoms with Crippen LogP contribution >= 0.6 is 11.6 Å². The first-order chi connectivity index (χ1) is 14.5. The molecule has 0 fully saturated rings. The van der Waals surface area contributed by atoms with Crippen LogP contribution in [-0.4, -0.2) is 24.6 Å². The Bertz CT molecular complexity index is 1050. The molecule has 0 unspecified atom stereocenters. The summed E-state index contributed by atoms with van der Waals surface area (Å²) < 4.78 is 5.48. The van der Waals surface area contributed by atoms with E-state index in [0.717, 1.165) is 11.1 Å². The van der Waals surface area contributed by atoms with Crippen LogP contribution < -0.4 is 15.5 Å². The monoisotopic (exact) mass is 421 g/mol. The van der Waals surface area contributed by atoms with Crippen molar-refractivity contribution in [1.29, 1.82) is 0 Å². The second-order valence-electron chi connectivity index (χ2n) is 6.45. The molecule has 0 saturated carbocycles. The van der Waals surface area contributed by atoms with Gasteiger partial charge in [0, 0.05) is 5.56 Å². The number of para-hydroxylation sites is 1. The van der Waals surface area contributed by atoms with E-state index in [1.165, 1.54) is 6.21 Å². The number of nitrogens with one attached hydrogen (secondary N) is 2. The molecule has 30 heavy (non-hydrogen) atoms. The summed E-state index contributed by atoms with van der Waals surface area (Å²) in [4.78, 5) is 24.0. The number of nitrogens with zero attached hydrogens (tertiary/aromatic N) is 1. The number of halogens is 1. The van der Waals surface area contributed by atoms with Crippen LogP contribution in [0.15, 0.2) is 77.9 Å². The molecular weight excluding hydrogens is 402 g/mol. The van der Waals surface area contributed by atoms with E-state index in [1.807, 2.05) is 19.1 Å². The summed E-state index contributed by atoms with van der Waals surface area (Å²) in [5, 5.41) is 7.11. The lowest BCUT2D eigenvalue weighted by atomic mass is 10.1. The number of benzene rings is 3. The minimum absolute atomic E-state index is 0.148. The number of hydrogen-bond donors (Lipinski definition) is 2. The van der Waals surface area contributed by atoms with Gasteiger partial charge in [-0.25, -0.2) is 5.43 Å². The summed E-state index contributed by atoms with van der Waals surface area (Å²) in [6, 6.07) is 21.2. The molecule has 6 nitrogen and oxygen atoms in total. The minimum Gasteiger partial charge on any atom is -0.484 e. The second kappa shape index (κ2) is 10.2. The van der Waals surface area contributed by atoms with Crippen molar-refractivity contribution in [3.05, 3.63) is 94.5 Å². The van der Waals surface area contributed by atoms with Crippen LogP contribution in [0.3, 0.4) is 0 Å². The highest BCUT2D eigenvalue weighted by atomic mass is 35.5. The lowest BCUT2D eigenvalue weighted by Gasteiger charge is -2.08. The SMILES string of the molecule is Cc1ccc(C(=O)N/N=C/c2ccc(OCC(=O)Nc3ccccc3Cl)cc2)cc1. The van der Waals surface area contributed by atoms with Crippen LogP contribution in [-0.2, 0) is 4.79 Å². The van der Waals surface area contributed by atoms with Crippen molar-refractivity contribution in [2.75, 3.05) is 11.9 Å². The zero-order chi connectivity index (χ0) is 21.3. The van der Waals surface area contributed by atoms with Crippen LogP contribution in [0, 0.1) is 6.92 Å². The van der Waals surface area contributed by atoms with E-state index >= 15 is 0 Å². The number of hydrogen-bond acceptors (Lipinski definition) is 4. The number of hydrazone groups is 1. The van der Waals surface area contributed by atoms with Crippen molar-refractivity contribution in [2.45, 2.75) is 6.92 Å². The van der Waals surface area contributed by atoms with E-state index < -0.39 is 0 Å². The zero-order valence-corrected chi connectivity index (χ0v) is 17.0. The van der Waals surface area contributed by atoms with Gasteiger partial charge in [0.15, 0.2) is 6.61 Å². The zero-order valence-electron chi connectivity index (χ0n) is 16.3. The molecule has 3 aromatic carbocycles. The number of ether oxygens (including phenoxy) is 1. The molecule has 0 saturated heterocycles. The van der Waals surface area contributed by atoms with Crippen LogP contribution in [0.5, 0.6) is 5.75 Å². The van der Waals surface area contributed by atoms with Crippen molar-refractivity contribution in [2.24, 2.45) is 5.10 Å². The average molecular weight is 422 g/mol. The highest BCUT2D eigenvalue weighted by Gasteiger charge is 2.06. The summed E-state index contributed by atoms with van der Waals surface area (Å²) in [7, 11) is 0. The van der Waals surface area contributed by atoms with Crippen LogP contribution in [0.1, 0.15) is 21.5 Å². The second-order valence-corrected chi connectivity index (χ2v) is 6.86. The van der Waals surface area contributed by atoms with E-state index in [2.05, 4.69) is 15.8 Å². The Balaban J connectivity index is 1.47. The van der Waals surface area contributed by atoms with Gasteiger partial charge < -0.3 is 10.1 Å². The van der Waals surface area contributed by atoms with Crippen LogP contribution in [0.4, 0.5) is 5.69 Å². The van der Waals surface area contributed by atoms with Gasteiger partial charge in [0.25, 0.3) is 11.8 Å². The van der Waals surface area contributed by atoms with Gasteiger partial charge in [-0.15, -0.1) is 0 Å². The fourth-order valence-corrected chi connectivity index (χ4v) is 2.67. The minimum atomic E-state index is -0.312.